The van der Waals surface area contributed by atoms with Gasteiger partial charge in [-0.3, -0.25) is 9.69 Å². The van der Waals surface area contributed by atoms with Crippen LogP contribution in [0.1, 0.15) is 44.6 Å². The molecule has 4 atom stereocenters. The number of carbonyl (C=O) groups excluding carboxylic acids is 2. The summed E-state index contributed by atoms with van der Waals surface area (Å²) in [6.07, 6.45) is 4.19. The van der Waals surface area contributed by atoms with Crippen LogP contribution in [0.2, 0.25) is 0 Å². The molecule has 3 heterocycles. The lowest BCUT2D eigenvalue weighted by molar-refractivity contribution is -0.151. The highest BCUT2D eigenvalue weighted by Gasteiger charge is 2.51. The fourth-order valence-electron chi connectivity index (χ4n) is 5.59. The minimum atomic E-state index is -0.569. The smallest absolute Gasteiger partial charge is 0.410 e. The third kappa shape index (κ3) is 4.61. The monoisotopic (exact) mass is 457 g/mol. The summed E-state index contributed by atoms with van der Waals surface area (Å²) in [6, 6.07) is 8.99. The Morgan fingerprint density at radius 1 is 1.21 bits per heavy atom. The van der Waals surface area contributed by atoms with Crippen molar-refractivity contribution < 1.29 is 24.2 Å². The van der Waals surface area contributed by atoms with Gasteiger partial charge < -0.3 is 24.4 Å². The molecule has 1 saturated carbocycles. The van der Waals surface area contributed by atoms with E-state index in [0.29, 0.717) is 13.2 Å². The highest BCUT2D eigenvalue weighted by molar-refractivity contribution is 5.87. The fraction of sp³-hybridized carbons (Fsp3) is 0.680. The summed E-state index contributed by atoms with van der Waals surface area (Å²) < 4.78 is 11.4. The van der Waals surface area contributed by atoms with Crippen LogP contribution in [-0.4, -0.2) is 89.0 Å². The highest BCUT2D eigenvalue weighted by atomic mass is 16.6. The van der Waals surface area contributed by atoms with E-state index >= 15 is 0 Å². The van der Waals surface area contributed by atoms with Gasteiger partial charge in [-0.25, -0.2) is 4.79 Å². The average Bonchev–Trinajstić information content (AvgIpc) is 3.50. The highest BCUT2D eigenvalue weighted by Crippen LogP contribution is 2.53. The van der Waals surface area contributed by atoms with Crippen molar-refractivity contribution in [2.24, 2.45) is 5.41 Å². The molecule has 0 radical (unpaired) electrons. The third-order valence-corrected chi connectivity index (χ3v) is 8.02. The summed E-state index contributed by atoms with van der Waals surface area (Å²) in [6.45, 7) is 5.54. The molecular weight excluding hydrogens is 422 g/mol. The first-order chi connectivity index (χ1) is 16.0. The van der Waals surface area contributed by atoms with Crippen molar-refractivity contribution in [2.45, 2.75) is 70.1 Å². The average molecular weight is 458 g/mol. The lowest BCUT2D eigenvalue weighted by atomic mass is 9.90. The number of carbonyl (C=O) groups is 2. The van der Waals surface area contributed by atoms with Crippen molar-refractivity contribution in [2.75, 3.05) is 32.8 Å². The topological polar surface area (TPSA) is 82.6 Å². The van der Waals surface area contributed by atoms with E-state index < -0.39 is 18.4 Å². The van der Waals surface area contributed by atoms with Crippen LogP contribution in [-0.2, 0) is 20.9 Å². The normalized spacial score (nSPS) is 31.0. The minimum absolute atomic E-state index is 0.0388. The van der Waals surface area contributed by atoms with E-state index in [2.05, 4.69) is 4.90 Å². The second-order valence-electron chi connectivity index (χ2n) is 10.1. The zero-order valence-corrected chi connectivity index (χ0v) is 19.4. The number of aliphatic hydroxyl groups excluding tert-OH is 1. The summed E-state index contributed by atoms with van der Waals surface area (Å²) in [5, 5.41) is 10.4. The number of amides is 2. The van der Waals surface area contributed by atoms with Crippen LogP contribution in [0.5, 0.6) is 0 Å². The number of piperidine rings is 1. The predicted molar refractivity (Wildman–Crippen MR) is 121 cm³/mol. The maximum absolute atomic E-state index is 13.1. The van der Waals surface area contributed by atoms with Crippen molar-refractivity contribution in [3.05, 3.63) is 35.9 Å². The van der Waals surface area contributed by atoms with Gasteiger partial charge in [-0.2, -0.15) is 0 Å². The van der Waals surface area contributed by atoms with Crippen molar-refractivity contribution >= 4 is 12.0 Å². The Kier molecular flexibility index (Phi) is 6.33. The van der Waals surface area contributed by atoms with Crippen molar-refractivity contribution in [3.63, 3.8) is 0 Å². The standard InChI is InChI=1S/C25H35N3O5/c1-18-23(30)28-20(8-5-12-26-13-11-25(9-10-25)21(29)14-26)17-32-22(28)15-27(18)24(31)33-16-19-6-3-2-4-7-19/h2-4,6-7,18,20-22,29H,5,8-17H2,1H3. The lowest BCUT2D eigenvalue weighted by Crippen LogP contribution is -2.62. The molecule has 3 aliphatic heterocycles. The molecule has 5 rings (SSSR count). The summed E-state index contributed by atoms with van der Waals surface area (Å²) in [4.78, 5) is 31.5. The molecule has 0 aromatic heterocycles. The summed E-state index contributed by atoms with van der Waals surface area (Å²) in [5.41, 5.74) is 1.14. The molecule has 8 heteroatoms. The van der Waals surface area contributed by atoms with E-state index in [-0.39, 0.29) is 30.1 Å². The second-order valence-corrected chi connectivity index (χ2v) is 10.1. The predicted octanol–water partition coefficient (Wildman–Crippen LogP) is 2.21. The minimum Gasteiger partial charge on any atom is -0.445 e. The molecule has 4 aliphatic rings. The van der Waals surface area contributed by atoms with E-state index in [0.717, 1.165) is 44.5 Å². The first-order valence-electron chi connectivity index (χ1n) is 12.3. The first-order valence-corrected chi connectivity index (χ1v) is 12.3. The maximum atomic E-state index is 13.1. The van der Waals surface area contributed by atoms with Gasteiger partial charge in [0.1, 0.15) is 12.6 Å². The largest absolute Gasteiger partial charge is 0.445 e. The van der Waals surface area contributed by atoms with Gasteiger partial charge in [-0.15, -0.1) is 0 Å². The van der Waals surface area contributed by atoms with Crippen LogP contribution in [0, 0.1) is 5.41 Å². The molecule has 3 saturated heterocycles. The number of aliphatic hydroxyl groups is 1. The van der Waals surface area contributed by atoms with Crippen LogP contribution >= 0.6 is 0 Å². The molecule has 1 aliphatic carbocycles. The van der Waals surface area contributed by atoms with Crippen LogP contribution < -0.4 is 0 Å². The van der Waals surface area contributed by atoms with E-state index in [1.165, 1.54) is 17.7 Å². The summed E-state index contributed by atoms with van der Waals surface area (Å²) >= 11 is 0. The molecule has 1 aromatic carbocycles. The number of rotatable bonds is 6. The van der Waals surface area contributed by atoms with Gasteiger partial charge in [0.25, 0.3) is 0 Å². The van der Waals surface area contributed by atoms with Crippen molar-refractivity contribution in [1.82, 2.24) is 14.7 Å². The molecule has 4 fully saturated rings. The van der Waals surface area contributed by atoms with Gasteiger partial charge in [-0.05, 0) is 63.1 Å². The molecule has 1 spiro atoms. The van der Waals surface area contributed by atoms with Crippen LogP contribution in [0.15, 0.2) is 30.3 Å². The van der Waals surface area contributed by atoms with Crippen LogP contribution in [0.3, 0.4) is 0 Å². The Balaban J connectivity index is 1.10. The van der Waals surface area contributed by atoms with E-state index in [1.807, 2.05) is 35.2 Å². The third-order valence-electron chi connectivity index (χ3n) is 8.02. The molecular formula is C25H35N3O5. The Bertz CT molecular complexity index is 861. The number of hydrogen-bond acceptors (Lipinski definition) is 6. The first kappa shape index (κ1) is 22.6. The molecule has 33 heavy (non-hydrogen) atoms. The van der Waals surface area contributed by atoms with Gasteiger partial charge in [-0.1, -0.05) is 30.3 Å². The number of fused-ring (bicyclic) bond motifs is 1. The Morgan fingerprint density at radius 2 is 2.00 bits per heavy atom. The summed E-state index contributed by atoms with van der Waals surface area (Å²) in [5.74, 6) is -0.0746. The van der Waals surface area contributed by atoms with Gasteiger partial charge in [0.05, 0.1) is 25.3 Å². The fourth-order valence-corrected chi connectivity index (χ4v) is 5.59. The van der Waals surface area contributed by atoms with Crippen LogP contribution in [0.25, 0.3) is 0 Å². The van der Waals surface area contributed by atoms with E-state index in [4.69, 9.17) is 9.47 Å². The van der Waals surface area contributed by atoms with Crippen LogP contribution in [0.4, 0.5) is 4.79 Å². The van der Waals surface area contributed by atoms with Crippen molar-refractivity contribution in [3.8, 4) is 0 Å². The second kappa shape index (κ2) is 9.24. The maximum Gasteiger partial charge on any atom is 0.410 e. The molecule has 8 nitrogen and oxygen atoms in total. The quantitative estimate of drug-likeness (QED) is 0.705. The Labute approximate surface area is 195 Å². The van der Waals surface area contributed by atoms with Gasteiger partial charge in [0.15, 0.2) is 6.23 Å². The number of benzene rings is 1. The zero-order valence-electron chi connectivity index (χ0n) is 19.4. The number of nitrogens with zero attached hydrogens (tertiary/aromatic N) is 3. The van der Waals surface area contributed by atoms with Gasteiger partial charge >= 0.3 is 6.09 Å². The molecule has 180 valence electrons. The summed E-state index contributed by atoms with van der Waals surface area (Å²) in [7, 11) is 0. The SMILES string of the molecule is CC1C(=O)N2C(CCCN3CCC4(CC4)C(O)C3)COC2CN1C(=O)OCc1ccccc1. The number of hydrogen-bond donors (Lipinski definition) is 1. The molecule has 1 N–H and O–H groups in total. The lowest BCUT2D eigenvalue weighted by Gasteiger charge is -2.41. The number of likely N-dealkylation sites (tertiary alicyclic amines) is 1. The zero-order chi connectivity index (χ0) is 23.0. The molecule has 4 unspecified atom stereocenters. The molecule has 0 bridgehead atoms. The van der Waals surface area contributed by atoms with Gasteiger partial charge in [0.2, 0.25) is 5.91 Å². The number of piperazine rings is 1. The molecule has 1 aromatic rings. The van der Waals surface area contributed by atoms with E-state index in [9.17, 15) is 14.7 Å². The number of β-amino-alcohol motifs (C(OH)–C–C–N with tert-alkyl or cyclic N) is 1. The van der Waals surface area contributed by atoms with Crippen molar-refractivity contribution in [1.29, 1.82) is 0 Å². The van der Waals surface area contributed by atoms with E-state index in [1.54, 1.807) is 6.92 Å². The molecule has 2 amide bonds. The Morgan fingerprint density at radius 3 is 2.73 bits per heavy atom. The number of ether oxygens (including phenoxy) is 2. The van der Waals surface area contributed by atoms with Gasteiger partial charge in [0, 0.05) is 6.54 Å². The Hall–Kier alpha value is -2.16.